The first-order chi connectivity index (χ1) is 18.5. The van der Waals surface area contributed by atoms with Gasteiger partial charge < -0.3 is 25.6 Å². The van der Waals surface area contributed by atoms with Crippen LogP contribution in [0.4, 0.5) is 30.4 Å². The largest absolute Gasteiger partial charge is 0.479 e. The normalized spacial score (nSPS) is 18.9. The van der Waals surface area contributed by atoms with E-state index in [9.17, 15) is 13.2 Å². The molecule has 4 heterocycles. The van der Waals surface area contributed by atoms with E-state index in [1.165, 1.54) is 12.8 Å². The van der Waals surface area contributed by atoms with Gasteiger partial charge in [0.05, 0.1) is 24.1 Å². The summed E-state index contributed by atoms with van der Waals surface area (Å²) in [5, 5.41) is 3.97. The Kier molecular flexibility index (Phi) is 7.21. The number of pyridine rings is 1. The maximum absolute atomic E-state index is 13.4. The Balaban J connectivity index is 1.45. The average molecular weight is 544 g/mol. The van der Waals surface area contributed by atoms with Gasteiger partial charge in [-0.05, 0) is 94.9 Å². The Morgan fingerprint density at radius 3 is 2.31 bits per heavy atom. The Morgan fingerprint density at radius 2 is 1.67 bits per heavy atom. The number of halogens is 3. The molecule has 0 radical (unpaired) electrons. The highest BCUT2D eigenvalue weighted by molar-refractivity contribution is 5.90. The van der Waals surface area contributed by atoms with Crippen LogP contribution >= 0.6 is 0 Å². The van der Waals surface area contributed by atoms with Gasteiger partial charge in [0.2, 0.25) is 5.88 Å². The van der Waals surface area contributed by atoms with E-state index in [0.29, 0.717) is 39.5 Å². The molecule has 3 aromatic rings. The number of anilines is 3. The first-order valence-corrected chi connectivity index (χ1v) is 13.4. The first-order valence-electron chi connectivity index (χ1n) is 13.4. The number of nitrogen functional groups attached to an aromatic ring is 1. The number of hydrogen-bond acceptors (Lipinski definition) is 8. The molecular weight excluding hydrogens is 507 g/mol. The van der Waals surface area contributed by atoms with Crippen molar-refractivity contribution in [1.29, 1.82) is 0 Å². The highest BCUT2D eigenvalue weighted by Crippen LogP contribution is 2.44. The zero-order valence-electron chi connectivity index (χ0n) is 22.9. The quantitative estimate of drug-likeness (QED) is 0.412. The summed E-state index contributed by atoms with van der Waals surface area (Å²) in [7, 11) is 3.79. The molecule has 1 atom stereocenters. The van der Waals surface area contributed by atoms with E-state index in [4.69, 9.17) is 15.5 Å². The van der Waals surface area contributed by atoms with Gasteiger partial charge in [-0.1, -0.05) is 0 Å². The summed E-state index contributed by atoms with van der Waals surface area (Å²) in [4.78, 5) is 18.5. The van der Waals surface area contributed by atoms with E-state index in [0.717, 1.165) is 56.8 Å². The molecule has 11 heteroatoms. The molecule has 2 aliphatic rings. The van der Waals surface area contributed by atoms with E-state index in [-0.39, 0.29) is 5.69 Å². The number of alkyl halides is 3. The summed E-state index contributed by atoms with van der Waals surface area (Å²) in [6.07, 6.45) is 0.197. The molecule has 3 N–H and O–H groups in total. The summed E-state index contributed by atoms with van der Waals surface area (Å²) < 4.78 is 45.9. The van der Waals surface area contributed by atoms with Crippen LogP contribution in [0.1, 0.15) is 55.6 Å². The lowest BCUT2D eigenvalue weighted by atomic mass is 9.71. The summed E-state index contributed by atoms with van der Waals surface area (Å²) in [6, 6.07) is 5.09. The number of aryl methyl sites for hydroxylation is 1. The molecule has 2 aromatic heterocycles. The fourth-order valence-corrected chi connectivity index (χ4v) is 5.82. The summed E-state index contributed by atoms with van der Waals surface area (Å²) in [5.74, 6) is 1.50. The zero-order chi connectivity index (χ0) is 27.9. The molecule has 2 fully saturated rings. The molecule has 2 aliphatic heterocycles. The van der Waals surface area contributed by atoms with Crippen molar-refractivity contribution in [3.63, 3.8) is 0 Å². The van der Waals surface area contributed by atoms with Crippen LogP contribution in [0, 0.1) is 12.3 Å². The van der Waals surface area contributed by atoms with Crippen LogP contribution in [0.25, 0.3) is 11.0 Å². The number of benzene rings is 1. The van der Waals surface area contributed by atoms with E-state index >= 15 is 0 Å². The number of likely N-dealkylation sites (tertiary alicyclic amines) is 1. The predicted octanol–water partition coefficient (Wildman–Crippen LogP) is 5.43. The number of piperidine rings is 2. The lowest BCUT2D eigenvalue weighted by Crippen LogP contribution is -2.46. The number of nitrogens with one attached hydrogen (secondary N) is 1. The van der Waals surface area contributed by atoms with Gasteiger partial charge in [-0.15, -0.1) is 0 Å². The Hall–Kier alpha value is -3.34. The van der Waals surface area contributed by atoms with Gasteiger partial charge in [0, 0.05) is 18.8 Å². The van der Waals surface area contributed by atoms with Gasteiger partial charge in [-0.2, -0.15) is 18.2 Å². The fraction of sp³-hybridized carbons (Fsp3) is 0.536. The minimum atomic E-state index is -4.49. The van der Waals surface area contributed by atoms with Crippen molar-refractivity contribution in [1.82, 2.24) is 19.9 Å². The molecule has 8 nitrogen and oxygen atoms in total. The molecule has 0 bridgehead atoms. The van der Waals surface area contributed by atoms with E-state index in [1.807, 2.05) is 6.07 Å². The number of ether oxygens (including phenoxy) is 1. The highest BCUT2D eigenvalue weighted by Gasteiger charge is 2.37. The monoisotopic (exact) mass is 543 g/mol. The third-order valence-electron chi connectivity index (χ3n) is 8.31. The Labute approximate surface area is 226 Å². The smallest absolute Gasteiger partial charge is 0.416 e. The fourth-order valence-electron chi connectivity index (χ4n) is 5.82. The second-order valence-electron chi connectivity index (χ2n) is 11.0. The number of aromatic nitrogens is 3. The summed E-state index contributed by atoms with van der Waals surface area (Å²) >= 11 is 0. The van der Waals surface area contributed by atoms with E-state index in [2.05, 4.69) is 32.1 Å². The molecule has 0 saturated carbocycles. The number of nitrogens with two attached hydrogens (primary N) is 1. The summed E-state index contributed by atoms with van der Waals surface area (Å²) in [6.45, 7) is 7.63. The van der Waals surface area contributed by atoms with Crippen LogP contribution in [-0.2, 0) is 6.18 Å². The van der Waals surface area contributed by atoms with Crippen molar-refractivity contribution in [3.05, 3.63) is 41.2 Å². The van der Waals surface area contributed by atoms with E-state index in [1.54, 1.807) is 27.0 Å². The minimum Gasteiger partial charge on any atom is -0.479 e. The molecule has 2 saturated heterocycles. The van der Waals surface area contributed by atoms with Crippen LogP contribution in [0.15, 0.2) is 24.3 Å². The van der Waals surface area contributed by atoms with Gasteiger partial charge in [-0.3, -0.25) is 0 Å². The average Bonchev–Trinajstić information content (AvgIpc) is 2.89. The summed E-state index contributed by atoms with van der Waals surface area (Å²) in [5.41, 5.74) is 7.23. The lowest BCUT2D eigenvalue weighted by molar-refractivity contribution is -0.137. The SMILES string of the molecule is COc1nc2nc(C)nc(N[C@H](C)c3cc(N)cc(C(F)(F)F)c3)c2cc1N1CCC2(CCN(C)CC2)CC1. The molecule has 5 rings (SSSR count). The third-order valence-corrected chi connectivity index (χ3v) is 8.31. The minimum absolute atomic E-state index is 0.0540. The number of fused-ring (bicyclic) bond motifs is 1. The standard InChI is InChI=1S/C28H36F3N7O/c1-17(19-13-20(28(29,30)31)15-21(32)14-19)33-24-22-16-23(26(39-4)36-25(22)35-18(2)34-24)38-11-7-27(8-12-38)5-9-37(3)10-6-27/h13-17H,5-12,32H2,1-4H3,(H,33,34,35,36)/t17-/m1/s1. The number of methoxy groups -OCH3 is 1. The Bertz CT molecular complexity index is 1350. The van der Waals surface area contributed by atoms with Crippen molar-refractivity contribution >= 4 is 28.2 Å². The molecule has 0 amide bonds. The number of rotatable bonds is 5. The van der Waals surface area contributed by atoms with E-state index < -0.39 is 17.8 Å². The van der Waals surface area contributed by atoms with Crippen LogP contribution in [0.3, 0.4) is 0 Å². The molecular formula is C28H36F3N7O. The third kappa shape index (κ3) is 5.68. The van der Waals surface area contributed by atoms with Crippen LogP contribution in [0.2, 0.25) is 0 Å². The Morgan fingerprint density at radius 1 is 1.00 bits per heavy atom. The second-order valence-corrected chi connectivity index (χ2v) is 11.0. The number of hydrogen-bond donors (Lipinski definition) is 2. The molecule has 0 aliphatic carbocycles. The van der Waals surface area contributed by atoms with Crippen LogP contribution < -0.4 is 20.7 Å². The molecule has 210 valence electrons. The van der Waals surface area contributed by atoms with Crippen molar-refractivity contribution in [2.24, 2.45) is 5.41 Å². The highest BCUT2D eigenvalue weighted by atomic mass is 19.4. The molecule has 0 unspecified atom stereocenters. The van der Waals surface area contributed by atoms with Crippen molar-refractivity contribution in [2.75, 3.05) is 56.3 Å². The zero-order valence-corrected chi connectivity index (χ0v) is 22.9. The topological polar surface area (TPSA) is 92.4 Å². The van der Waals surface area contributed by atoms with Crippen LogP contribution in [0.5, 0.6) is 5.88 Å². The van der Waals surface area contributed by atoms with Crippen LogP contribution in [-0.4, -0.2) is 60.2 Å². The predicted molar refractivity (Wildman–Crippen MR) is 147 cm³/mol. The second kappa shape index (κ2) is 10.3. The van der Waals surface area contributed by atoms with Gasteiger partial charge >= 0.3 is 6.18 Å². The number of nitrogens with zero attached hydrogens (tertiary/aromatic N) is 5. The van der Waals surface area contributed by atoms with Crippen molar-refractivity contribution < 1.29 is 17.9 Å². The first kappa shape index (κ1) is 27.2. The molecule has 1 aromatic carbocycles. The van der Waals surface area contributed by atoms with Gasteiger partial charge in [0.1, 0.15) is 17.3 Å². The maximum Gasteiger partial charge on any atom is 0.416 e. The lowest BCUT2D eigenvalue weighted by Gasteiger charge is -2.46. The molecule has 1 spiro atoms. The van der Waals surface area contributed by atoms with Crippen molar-refractivity contribution in [3.8, 4) is 5.88 Å². The maximum atomic E-state index is 13.4. The van der Waals surface area contributed by atoms with Gasteiger partial charge in [-0.25, -0.2) is 9.97 Å². The van der Waals surface area contributed by atoms with Gasteiger partial charge in [0.25, 0.3) is 0 Å². The van der Waals surface area contributed by atoms with Crippen molar-refractivity contribution in [2.45, 2.75) is 51.7 Å². The molecule has 39 heavy (non-hydrogen) atoms. The van der Waals surface area contributed by atoms with Gasteiger partial charge in [0.15, 0.2) is 5.65 Å².